The molecule has 0 radical (unpaired) electrons. The van der Waals surface area contributed by atoms with Gasteiger partial charge >= 0.3 is 0 Å². The lowest BCUT2D eigenvalue weighted by molar-refractivity contribution is 0.196. The van der Waals surface area contributed by atoms with Gasteiger partial charge in [-0.05, 0) is 30.5 Å². The van der Waals surface area contributed by atoms with Crippen LogP contribution in [0.1, 0.15) is 43.0 Å². The standard InChI is InChI=1S/C20H30N4O3S.HI/c1-5-21-20(23-12-19-24-16(13-28-19)14(2)3)22-11-15-6-7-17(27-9-8-25)18(10-15)26-4;/h6-7,10,13-14,25H,5,8-9,11-12H2,1-4H3,(H2,21,22,23);1H. The molecule has 7 nitrogen and oxygen atoms in total. The fraction of sp³-hybridized carbons (Fsp3) is 0.500. The minimum atomic E-state index is -0.0370. The minimum Gasteiger partial charge on any atom is -0.493 e. The molecule has 0 unspecified atom stereocenters. The monoisotopic (exact) mass is 534 g/mol. The number of guanidine groups is 1. The number of nitrogens with one attached hydrogen (secondary N) is 2. The molecule has 3 N–H and O–H groups in total. The predicted molar refractivity (Wildman–Crippen MR) is 129 cm³/mol. The van der Waals surface area contributed by atoms with Crippen molar-refractivity contribution in [3.63, 3.8) is 0 Å². The summed E-state index contributed by atoms with van der Waals surface area (Å²) in [7, 11) is 1.60. The van der Waals surface area contributed by atoms with Crippen LogP contribution >= 0.6 is 35.3 Å². The lowest BCUT2D eigenvalue weighted by Gasteiger charge is -2.12. The van der Waals surface area contributed by atoms with Gasteiger partial charge in [-0.1, -0.05) is 19.9 Å². The molecule has 0 saturated carbocycles. The van der Waals surface area contributed by atoms with Gasteiger partial charge in [0.2, 0.25) is 0 Å². The SMILES string of the molecule is CCNC(=NCc1ccc(OCCO)c(OC)c1)NCc1nc(C(C)C)cs1.I. The number of hydrogen-bond acceptors (Lipinski definition) is 6. The van der Waals surface area contributed by atoms with E-state index in [2.05, 4.69) is 39.8 Å². The topological polar surface area (TPSA) is 88.0 Å². The highest BCUT2D eigenvalue weighted by Crippen LogP contribution is 2.28. The third-order valence-corrected chi connectivity index (χ3v) is 4.78. The van der Waals surface area contributed by atoms with Gasteiger partial charge < -0.3 is 25.2 Å². The molecular weight excluding hydrogens is 503 g/mol. The van der Waals surface area contributed by atoms with Crippen LogP contribution in [0.15, 0.2) is 28.6 Å². The molecule has 162 valence electrons. The molecule has 0 amide bonds. The second-order valence-corrected chi connectivity index (χ2v) is 7.37. The smallest absolute Gasteiger partial charge is 0.191 e. The number of aliphatic hydroxyl groups is 1. The highest BCUT2D eigenvalue weighted by Gasteiger charge is 2.08. The van der Waals surface area contributed by atoms with Crippen LogP contribution in [0.4, 0.5) is 0 Å². The Kier molecular flexibility index (Phi) is 11.9. The van der Waals surface area contributed by atoms with E-state index in [0.717, 1.165) is 28.8 Å². The van der Waals surface area contributed by atoms with Crippen molar-refractivity contribution in [1.29, 1.82) is 0 Å². The first-order valence-corrected chi connectivity index (χ1v) is 10.3. The number of benzene rings is 1. The highest BCUT2D eigenvalue weighted by atomic mass is 127. The molecule has 0 spiro atoms. The Balaban J connectivity index is 0.00000420. The molecule has 0 fully saturated rings. The maximum absolute atomic E-state index is 8.90. The molecule has 0 aliphatic rings. The first-order valence-electron chi connectivity index (χ1n) is 9.44. The molecule has 0 saturated heterocycles. The van der Waals surface area contributed by atoms with E-state index >= 15 is 0 Å². The summed E-state index contributed by atoms with van der Waals surface area (Å²) in [5.41, 5.74) is 2.13. The number of ether oxygens (including phenoxy) is 2. The average Bonchev–Trinajstić information content (AvgIpc) is 3.18. The van der Waals surface area contributed by atoms with Crippen molar-refractivity contribution in [1.82, 2.24) is 15.6 Å². The summed E-state index contributed by atoms with van der Waals surface area (Å²) in [6.07, 6.45) is 0. The van der Waals surface area contributed by atoms with Gasteiger partial charge in [-0.15, -0.1) is 35.3 Å². The normalized spacial score (nSPS) is 11.2. The van der Waals surface area contributed by atoms with Crippen LogP contribution in [-0.4, -0.2) is 42.9 Å². The van der Waals surface area contributed by atoms with E-state index in [-0.39, 0.29) is 37.2 Å². The zero-order valence-electron chi connectivity index (χ0n) is 17.4. The lowest BCUT2D eigenvalue weighted by Crippen LogP contribution is -2.36. The van der Waals surface area contributed by atoms with Crippen LogP contribution in [0.2, 0.25) is 0 Å². The molecule has 0 aliphatic carbocycles. The number of aromatic nitrogens is 1. The van der Waals surface area contributed by atoms with Crippen LogP contribution < -0.4 is 20.1 Å². The molecule has 0 aliphatic heterocycles. The number of thiazole rings is 1. The van der Waals surface area contributed by atoms with Crippen LogP contribution in [0.5, 0.6) is 11.5 Å². The van der Waals surface area contributed by atoms with Crippen molar-refractivity contribution in [2.45, 2.75) is 39.8 Å². The third-order valence-electron chi connectivity index (χ3n) is 3.91. The van der Waals surface area contributed by atoms with Crippen molar-refractivity contribution >= 4 is 41.3 Å². The number of hydrogen-bond donors (Lipinski definition) is 3. The Hall–Kier alpha value is -1.59. The fourth-order valence-electron chi connectivity index (χ4n) is 2.43. The van der Waals surface area contributed by atoms with E-state index in [1.165, 1.54) is 0 Å². The van der Waals surface area contributed by atoms with Crippen molar-refractivity contribution < 1.29 is 14.6 Å². The largest absolute Gasteiger partial charge is 0.493 e. The summed E-state index contributed by atoms with van der Waals surface area (Å²) in [5.74, 6) is 2.41. The Labute approximate surface area is 194 Å². The molecule has 1 heterocycles. The molecule has 1 aromatic carbocycles. The fourth-order valence-corrected chi connectivity index (χ4v) is 3.32. The van der Waals surface area contributed by atoms with Crippen LogP contribution in [0.3, 0.4) is 0 Å². The first-order chi connectivity index (χ1) is 13.6. The zero-order chi connectivity index (χ0) is 20.4. The van der Waals surface area contributed by atoms with E-state index in [1.807, 2.05) is 25.1 Å². The van der Waals surface area contributed by atoms with E-state index in [1.54, 1.807) is 18.4 Å². The van der Waals surface area contributed by atoms with Crippen LogP contribution in [-0.2, 0) is 13.1 Å². The van der Waals surface area contributed by atoms with Crippen LogP contribution in [0.25, 0.3) is 0 Å². The van der Waals surface area contributed by atoms with E-state index in [9.17, 15) is 0 Å². The van der Waals surface area contributed by atoms with Gasteiger partial charge in [-0.25, -0.2) is 9.98 Å². The van der Waals surface area contributed by atoms with Crippen molar-refractivity contribution in [2.24, 2.45) is 4.99 Å². The average molecular weight is 534 g/mol. The van der Waals surface area contributed by atoms with Gasteiger partial charge in [0.25, 0.3) is 0 Å². The molecule has 1 aromatic heterocycles. The number of methoxy groups -OCH3 is 1. The maximum Gasteiger partial charge on any atom is 0.191 e. The summed E-state index contributed by atoms with van der Waals surface area (Å²) < 4.78 is 10.8. The minimum absolute atomic E-state index is 0. The van der Waals surface area contributed by atoms with Gasteiger partial charge in [0.15, 0.2) is 17.5 Å². The predicted octanol–water partition coefficient (Wildman–Crippen LogP) is 3.52. The first kappa shape index (κ1) is 25.4. The van der Waals surface area contributed by atoms with Crippen LogP contribution in [0, 0.1) is 0 Å². The van der Waals surface area contributed by atoms with E-state index in [4.69, 9.17) is 14.6 Å². The van der Waals surface area contributed by atoms with Crippen molar-refractivity contribution in [3.05, 3.63) is 39.8 Å². The quantitative estimate of drug-likeness (QED) is 0.246. The number of aliphatic imine (C=N–C) groups is 1. The summed E-state index contributed by atoms with van der Waals surface area (Å²) in [6.45, 7) is 8.44. The van der Waals surface area contributed by atoms with Gasteiger partial charge in [0, 0.05) is 11.9 Å². The molecule has 9 heteroatoms. The number of halogens is 1. The Bertz CT molecular complexity index is 768. The molecule has 29 heavy (non-hydrogen) atoms. The molecular formula is C20H31IN4O3S. The Morgan fingerprint density at radius 1 is 1.28 bits per heavy atom. The highest BCUT2D eigenvalue weighted by molar-refractivity contribution is 14.0. The molecule has 0 atom stereocenters. The van der Waals surface area contributed by atoms with Gasteiger partial charge in [-0.2, -0.15) is 0 Å². The Morgan fingerprint density at radius 2 is 2.07 bits per heavy atom. The van der Waals surface area contributed by atoms with Crippen molar-refractivity contribution in [2.75, 3.05) is 26.9 Å². The maximum atomic E-state index is 8.90. The van der Waals surface area contributed by atoms with Gasteiger partial charge in [0.1, 0.15) is 11.6 Å². The summed E-state index contributed by atoms with van der Waals surface area (Å²) in [4.78, 5) is 9.28. The number of rotatable bonds is 10. The second-order valence-electron chi connectivity index (χ2n) is 6.43. The second kappa shape index (κ2) is 13.6. The number of aliphatic hydroxyl groups excluding tert-OH is 1. The van der Waals surface area contributed by atoms with E-state index < -0.39 is 0 Å². The van der Waals surface area contributed by atoms with Crippen molar-refractivity contribution in [3.8, 4) is 11.5 Å². The molecule has 2 aromatic rings. The van der Waals surface area contributed by atoms with Gasteiger partial charge in [0.05, 0.1) is 32.5 Å². The zero-order valence-corrected chi connectivity index (χ0v) is 20.5. The summed E-state index contributed by atoms with van der Waals surface area (Å²) in [5, 5.41) is 18.6. The third kappa shape index (κ3) is 8.35. The number of nitrogens with zero attached hydrogens (tertiary/aromatic N) is 2. The molecule has 2 rings (SSSR count). The molecule has 0 bridgehead atoms. The summed E-state index contributed by atoms with van der Waals surface area (Å²) in [6, 6.07) is 5.68. The van der Waals surface area contributed by atoms with Gasteiger partial charge in [-0.3, -0.25) is 0 Å². The Morgan fingerprint density at radius 3 is 2.69 bits per heavy atom. The summed E-state index contributed by atoms with van der Waals surface area (Å²) >= 11 is 1.66. The van der Waals surface area contributed by atoms with E-state index in [0.29, 0.717) is 30.5 Å². The lowest BCUT2D eigenvalue weighted by atomic mass is 10.2.